The van der Waals surface area contributed by atoms with Gasteiger partial charge in [0.05, 0.1) is 18.8 Å². The van der Waals surface area contributed by atoms with Crippen molar-refractivity contribution in [2.45, 2.75) is 77.5 Å². The van der Waals surface area contributed by atoms with Crippen molar-refractivity contribution in [2.24, 2.45) is 22.7 Å². The monoisotopic (exact) mass is 387 g/mol. The summed E-state index contributed by atoms with van der Waals surface area (Å²) in [6.45, 7) is 7.07. The Balaban J connectivity index is 1.65. The molecule has 2 aliphatic carbocycles. The lowest BCUT2D eigenvalue weighted by Gasteiger charge is -2.33. The fourth-order valence-electron chi connectivity index (χ4n) is 4.93. The molecule has 28 heavy (non-hydrogen) atoms. The van der Waals surface area contributed by atoms with Gasteiger partial charge in [-0.3, -0.25) is 4.99 Å². The van der Waals surface area contributed by atoms with Gasteiger partial charge >= 0.3 is 0 Å². The fourth-order valence-corrected chi connectivity index (χ4v) is 4.93. The Morgan fingerprint density at radius 2 is 2.00 bits per heavy atom. The highest BCUT2D eigenvalue weighted by Gasteiger charge is 2.31. The quantitative estimate of drug-likeness (QED) is 0.680. The minimum absolute atomic E-state index is 0.0486. The molecular weight excluding hydrogens is 350 g/mol. The zero-order chi connectivity index (χ0) is 20.1. The van der Waals surface area contributed by atoms with Crippen LogP contribution in [0, 0.1) is 17.8 Å². The van der Waals surface area contributed by atoms with Gasteiger partial charge in [0, 0.05) is 12.8 Å². The number of aliphatic imine (C=N–C) groups is 1. The van der Waals surface area contributed by atoms with Crippen LogP contribution in [-0.2, 0) is 9.47 Å². The lowest BCUT2D eigenvalue weighted by molar-refractivity contribution is 0.0514. The van der Waals surface area contributed by atoms with Gasteiger partial charge in [-0.25, -0.2) is 0 Å². The van der Waals surface area contributed by atoms with Gasteiger partial charge in [0.15, 0.2) is 0 Å². The van der Waals surface area contributed by atoms with Crippen LogP contribution in [0.25, 0.3) is 0 Å². The van der Waals surface area contributed by atoms with Crippen LogP contribution >= 0.6 is 0 Å². The number of methoxy groups -OCH3 is 1. The van der Waals surface area contributed by atoms with Crippen LogP contribution in [0.15, 0.2) is 40.6 Å². The Morgan fingerprint density at radius 3 is 2.68 bits per heavy atom. The molecule has 0 bridgehead atoms. The molecule has 1 aliphatic heterocycles. The van der Waals surface area contributed by atoms with Crippen LogP contribution in [0.3, 0.4) is 0 Å². The molecule has 0 radical (unpaired) electrons. The van der Waals surface area contributed by atoms with Gasteiger partial charge in [0.1, 0.15) is 11.9 Å². The molecule has 3 rings (SSSR count). The van der Waals surface area contributed by atoms with E-state index in [0.29, 0.717) is 24.4 Å². The fraction of sp³-hybridized carbons (Fsp3) is 0.708. The number of hydrogen-bond acceptors (Lipinski definition) is 4. The normalized spacial score (nSPS) is 32.4. The molecule has 4 heteroatoms. The minimum Gasteiger partial charge on any atom is -0.489 e. The molecule has 1 saturated carbocycles. The number of rotatable bonds is 7. The molecule has 5 atom stereocenters. The maximum Gasteiger partial charge on any atom is 0.119 e. The summed E-state index contributed by atoms with van der Waals surface area (Å²) in [6, 6.07) is 0.0489. The average Bonchev–Trinajstić information content (AvgIpc) is 2.67. The van der Waals surface area contributed by atoms with Gasteiger partial charge < -0.3 is 14.6 Å². The van der Waals surface area contributed by atoms with Crippen molar-refractivity contribution in [1.82, 2.24) is 0 Å². The van der Waals surface area contributed by atoms with Crippen molar-refractivity contribution in [3.63, 3.8) is 0 Å². The van der Waals surface area contributed by atoms with Crippen LogP contribution in [0.5, 0.6) is 0 Å². The summed E-state index contributed by atoms with van der Waals surface area (Å²) in [5, 5.41) is 10.5. The minimum atomic E-state index is -0.422. The van der Waals surface area contributed by atoms with E-state index in [-0.39, 0.29) is 12.1 Å². The number of hydrogen-bond donors (Lipinski definition) is 1. The highest BCUT2D eigenvalue weighted by atomic mass is 16.5. The maximum atomic E-state index is 10.5. The third-order valence-corrected chi connectivity index (χ3v) is 6.47. The zero-order valence-electron chi connectivity index (χ0n) is 17.9. The second kappa shape index (κ2) is 9.89. The molecule has 0 aromatic carbocycles. The average molecular weight is 388 g/mol. The number of aliphatic hydroxyl groups excluding tert-OH is 1. The second-order valence-corrected chi connectivity index (χ2v) is 8.87. The standard InChI is InChI=1S/C24H37NO3/c1-16-12-21(28-18(3)15-27-4)13-17(2)22(16)14-20-10-11-23(26)24(25-20)19-8-6-5-7-9-19/h10-13,16,18-19,22-24,26H,5-9,14-15H2,1-4H3. The first-order chi connectivity index (χ1) is 13.5. The van der Waals surface area contributed by atoms with Gasteiger partial charge in [-0.15, -0.1) is 0 Å². The van der Waals surface area contributed by atoms with Crippen LogP contribution in [0.4, 0.5) is 0 Å². The zero-order valence-corrected chi connectivity index (χ0v) is 17.9. The highest BCUT2D eigenvalue weighted by molar-refractivity contribution is 5.96. The Kier molecular flexibility index (Phi) is 7.53. The lowest BCUT2D eigenvalue weighted by Crippen LogP contribution is -2.35. The molecular formula is C24H37NO3. The van der Waals surface area contributed by atoms with E-state index in [1.165, 1.54) is 37.7 Å². The molecule has 1 fully saturated rings. The number of nitrogens with zero attached hydrogens (tertiary/aromatic N) is 1. The van der Waals surface area contributed by atoms with Crippen molar-refractivity contribution in [3.05, 3.63) is 35.6 Å². The van der Waals surface area contributed by atoms with Gasteiger partial charge in [0.25, 0.3) is 0 Å². The van der Waals surface area contributed by atoms with E-state index < -0.39 is 6.10 Å². The number of dihydropyridines is 1. The van der Waals surface area contributed by atoms with Crippen LogP contribution in [0.2, 0.25) is 0 Å². The van der Waals surface area contributed by atoms with E-state index in [1.54, 1.807) is 7.11 Å². The number of ether oxygens (including phenoxy) is 2. The third-order valence-electron chi connectivity index (χ3n) is 6.47. The van der Waals surface area contributed by atoms with Gasteiger partial charge in [-0.1, -0.05) is 37.8 Å². The Bertz CT molecular complexity index is 642. The summed E-state index contributed by atoms with van der Waals surface area (Å²) in [7, 11) is 1.70. The summed E-state index contributed by atoms with van der Waals surface area (Å²) >= 11 is 0. The smallest absolute Gasteiger partial charge is 0.119 e. The Hall–Kier alpha value is -1.39. The van der Waals surface area contributed by atoms with Crippen molar-refractivity contribution in [2.75, 3.05) is 13.7 Å². The molecule has 0 aromatic rings. The molecule has 4 nitrogen and oxygen atoms in total. The number of allylic oxidation sites excluding steroid dienone is 4. The van der Waals surface area contributed by atoms with Crippen LogP contribution < -0.4 is 0 Å². The number of aliphatic hydroxyl groups is 1. The Morgan fingerprint density at radius 1 is 1.25 bits per heavy atom. The van der Waals surface area contributed by atoms with E-state index >= 15 is 0 Å². The first kappa shape index (κ1) is 21.3. The summed E-state index contributed by atoms with van der Waals surface area (Å²) in [4.78, 5) is 5.03. The highest BCUT2D eigenvalue weighted by Crippen LogP contribution is 2.35. The summed E-state index contributed by atoms with van der Waals surface area (Å²) in [6.07, 6.45) is 15.2. The van der Waals surface area contributed by atoms with Gasteiger partial charge in [0.2, 0.25) is 0 Å². The lowest BCUT2D eigenvalue weighted by atomic mass is 9.78. The molecule has 0 aromatic heterocycles. The van der Waals surface area contributed by atoms with Crippen LogP contribution in [0.1, 0.15) is 59.3 Å². The first-order valence-electron chi connectivity index (χ1n) is 11.0. The molecule has 1 heterocycles. The molecule has 5 unspecified atom stereocenters. The van der Waals surface area contributed by atoms with Gasteiger partial charge in [-0.05, 0) is 69.1 Å². The summed E-state index contributed by atoms with van der Waals surface area (Å²) in [5.74, 6) is 2.30. The first-order valence-corrected chi connectivity index (χ1v) is 11.0. The predicted molar refractivity (Wildman–Crippen MR) is 114 cm³/mol. The molecule has 1 N–H and O–H groups in total. The van der Waals surface area contributed by atoms with Crippen LogP contribution in [-0.4, -0.2) is 42.8 Å². The van der Waals surface area contributed by atoms with Gasteiger partial charge in [-0.2, -0.15) is 0 Å². The topological polar surface area (TPSA) is 51.0 Å². The van der Waals surface area contributed by atoms with E-state index in [0.717, 1.165) is 17.9 Å². The van der Waals surface area contributed by atoms with Crippen molar-refractivity contribution >= 4 is 5.71 Å². The van der Waals surface area contributed by atoms with E-state index in [4.69, 9.17) is 14.5 Å². The maximum absolute atomic E-state index is 10.5. The third kappa shape index (κ3) is 5.36. The molecule has 156 valence electrons. The van der Waals surface area contributed by atoms with Crippen molar-refractivity contribution < 1.29 is 14.6 Å². The Labute approximate surface area is 170 Å². The molecule has 3 aliphatic rings. The molecule has 0 saturated heterocycles. The largest absolute Gasteiger partial charge is 0.489 e. The van der Waals surface area contributed by atoms with Crippen molar-refractivity contribution in [1.29, 1.82) is 0 Å². The van der Waals surface area contributed by atoms with E-state index in [2.05, 4.69) is 26.0 Å². The SMILES string of the molecule is COCC(C)OC1=CC(C)C(CC2=NC(C3CCCCC3)C(O)C=C2)C(C)=C1. The summed E-state index contributed by atoms with van der Waals surface area (Å²) < 4.78 is 11.2. The molecule has 0 amide bonds. The summed E-state index contributed by atoms with van der Waals surface area (Å²) in [5.41, 5.74) is 2.47. The van der Waals surface area contributed by atoms with Crippen molar-refractivity contribution in [3.8, 4) is 0 Å². The molecule has 0 spiro atoms. The van der Waals surface area contributed by atoms with E-state index in [9.17, 15) is 5.11 Å². The second-order valence-electron chi connectivity index (χ2n) is 8.87. The van der Waals surface area contributed by atoms with E-state index in [1.807, 2.05) is 19.1 Å². The predicted octanol–water partition coefficient (Wildman–Crippen LogP) is 4.84.